The van der Waals surface area contributed by atoms with E-state index < -0.39 is 0 Å². The monoisotopic (exact) mass is 406 g/mol. The van der Waals surface area contributed by atoms with Crippen molar-refractivity contribution in [2.24, 2.45) is 0 Å². The van der Waals surface area contributed by atoms with E-state index in [1.807, 2.05) is 50.2 Å². The van der Waals surface area contributed by atoms with Gasteiger partial charge in [0.05, 0.1) is 12.1 Å². The number of hydrogen-bond acceptors (Lipinski definition) is 6. The van der Waals surface area contributed by atoms with Crippen molar-refractivity contribution in [3.63, 3.8) is 0 Å². The van der Waals surface area contributed by atoms with Crippen molar-refractivity contribution in [1.29, 1.82) is 0 Å². The van der Waals surface area contributed by atoms with Crippen LogP contribution in [0.2, 0.25) is 0 Å². The van der Waals surface area contributed by atoms with Crippen molar-refractivity contribution in [2.45, 2.75) is 20.8 Å². The summed E-state index contributed by atoms with van der Waals surface area (Å²) in [6.07, 6.45) is 1.48. The number of benzene rings is 2. The number of likely N-dealkylation sites (N-methyl/N-ethyl adjacent to an activating group) is 1. The molecule has 2 aromatic carbocycles. The molecule has 0 radical (unpaired) electrons. The molecule has 0 fully saturated rings. The summed E-state index contributed by atoms with van der Waals surface area (Å²) in [4.78, 5) is 34.3. The van der Waals surface area contributed by atoms with Crippen LogP contribution >= 0.6 is 0 Å². The zero-order chi connectivity index (χ0) is 21.5. The molecule has 0 aliphatic rings. The molecule has 156 valence electrons. The molecule has 1 heterocycles. The van der Waals surface area contributed by atoms with E-state index in [-0.39, 0.29) is 11.8 Å². The molecule has 0 spiro atoms. The normalized spacial score (nSPS) is 10.8. The fourth-order valence-electron chi connectivity index (χ4n) is 3.10. The first-order valence-electron chi connectivity index (χ1n) is 9.90. The number of anilines is 4. The second-order valence-corrected chi connectivity index (χ2v) is 6.85. The minimum Gasteiger partial charge on any atom is -0.340 e. The fourth-order valence-corrected chi connectivity index (χ4v) is 3.10. The molecule has 3 rings (SSSR count). The molecule has 2 amide bonds. The van der Waals surface area contributed by atoms with E-state index in [4.69, 9.17) is 0 Å². The maximum Gasteiger partial charge on any atom is 0.238 e. The van der Waals surface area contributed by atoms with Gasteiger partial charge in [-0.3, -0.25) is 14.5 Å². The predicted octanol–water partition coefficient (Wildman–Crippen LogP) is 3.61. The molecule has 30 heavy (non-hydrogen) atoms. The first-order chi connectivity index (χ1) is 14.5. The average Bonchev–Trinajstić information content (AvgIpc) is 2.72. The van der Waals surface area contributed by atoms with E-state index >= 15 is 0 Å². The van der Waals surface area contributed by atoms with Gasteiger partial charge in [0.1, 0.15) is 12.1 Å². The van der Waals surface area contributed by atoms with Crippen molar-refractivity contribution >= 4 is 45.6 Å². The summed E-state index contributed by atoms with van der Waals surface area (Å²) < 4.78 is 0. The Kier molecular flexibility index (Phi) is 6.92. The number of nitrogens with one attached hydrogen (secondary N) is 3. The van der Waals surface area contributed by atoms with Crippen molar-refractivity contribution in [3.05, 3.63) is 48.8 Å². The van der Waals surface area contributed by atoms with Gasteiger partial charge in [-0.25, -0.2) is 9.97 Å². The maximum atomic E-state index is 12.3. The smallest absolute Gasteiger partial charge is 0.238 e. The van der Waals surface area contributed by atoms with Crippen LogP contribution in [0.4, 0.5) is 22.9 Å². The van der Waals surface area contributed by atoms with E-state index in [0.717, 1.165) is 29.7 Å². The predicted molar refractivity (Wildman–Crippen MR) is 120 cm³/mol. The molecule has 8 nitrogen and oxygen atoms in total. The number of carbonyl (C=O) groups excluding carboxylic acids is 2. The van der Waals surface area contributed by atoms with Crippen LogP contribution in [0.5, 0.6) is 0 Å². The summed E-state index contributed by atoms with van der Waals surface area (Å²) in [5.41, 5.74) is 2.91. The van der Waals surface area contributed by atoms with Gasteiger partial charge in [-0.15, -0.1) is 0 Å². The molecule has 3 aromatic rings. The molecule has 0 bridgehead atoms. The summed E-state index contributed by atoms with van der Waals surface area (Å²) in [6, 6.07) is 12.9. The minimum absolute atomic E-state index is 0.0525. The minimum atomic E-state index is -0.145. The Hall–Kier alpha value is -3.52. The van der Waals surface area contributed by atoms with Crippen molar-refractivity contribution in [1.82, 2.24) is 14.9 Å². The van der Waals surface area contributed by atoms with Gasteiger partial charge >= 0.3 is 0 Å². The Bertz CT molecular complexity index is 1050. The standard InChI is InChI=1S/C22H26N6O2/c1-4-28(5-2)13-21(30)26-16-7-6-8-17(11-16)27-22-19-12-18(25-15(3)29)9-10-20(19)23-14-24-22/h6-12,14H,4-5,13H2,1-3H3,(H,25,29)(H,26,30)(H,23,24,27). The summed E-state index contributed by atoms with van der Waals surface area (Å²) in [5, 5.41) is 9.76. The van der Waals surface area contributed by atoms with Crippen LogP contribution < -0.4 is 16.0 Å². The molecule has 3 N–H and O–H groups in total. The van der Waals surface area contributed by atoms with Crippen LogP contribution in [0.3, 0.4) is 0 Å². The first kappa shape index (κ1) is 21.2. The second-order valence-electron chi connectivity index (χ2n) is 6.85. The van der Waals surface area contributed by atoms with E-state index in [1.165, 1.54) is 13.3 Å². The van der Waals surface area contributed by atoms with Gasteiger partial charge in [0.2, 0.25) is 11.8 Å². The summed E-state index contributed by atoms with van der Waals surface area (Å²) in [6.45, 7) is 7.53. The lowest BCUT2D eigenvalue weighted by atomic mass is 10.2. The Labute approximate surface area is 175 Å². The van der Waals surface area contributed by atoms with Crippen LogP contribution in [0, 0.1) is 0 Å². The third kappa shape index (κ3) is 5.51. The third-order valence-electron chi connectivity index (χ3n) is 4.63. The van der Waals surface area contributed by atoms with Crippen LogP contribution in [-0.2, 0) is 9.59 Å². The molecule has 8 heteroatoms. The largest absolute Gasteiger partial charge is 0.340 e. The quantitative estimate of drug-likeness (QED) is 0.528. The molecule has 0 aliphatic heterocycles. The van der Waals surface area contributed by atoms with Crippen LogP contribution in [0.15, 0.2) is 48.8 Å². The number of hydrogen-bond donors (Lipinski definition) is 3. The van der Waals surface area contributed by atoms with Gasteiger partial charge < -0.3 is 16.0 Å². The molecule has 0 saturated carbocycles. The maximum absolute atomic E-state index is 12.3. The summed E-state index contributed by atoms with van der Waals surface area (Å²) >= 11 is 0. The highest BCUT2D eigenvalue weighted by Crippen LogP contribution is 2.26. The lowest BCUT2D eigenvalue weighted by molar-refractivity contribution is -0.117. The van der Waals surface area contributed by atoms with Gasteiger partial charge in [-0.2, -0.15) is 0 Å². The molecular formula is C22H26N6O2. The van der Waals surface area contributed by atoms with Crippen molar-refractivity contribution in [3.8, 4) is 0 Å². The lowest BCUT2D eigenvalue weighted by Crippen LogP contribution is -2.32. The highest BCUT2D eigenvalue weighted by Gasteiger charge is 2.09. The van der Waals surface area contributed by atoms with Gasteiger partial charge in [-0.05, 0) is 49.5 Å². The Morgan fingerprint density at radius 3 is 2.40 bits per heavy atom. The van der Waals surface area contributed by atoms with Crippen LogP contribution in [0.1, 0.15) is 20.8 Å². The van der Waals surface area contributed by atoms with Gasteiger partial charge in [-0.1, -0.05) is 19.9 Å². The van der Waals surface area contributed by atoms with Crippen molar-refractivity contribution < 1.29 is 9.59 Å². The zero-order valence-electron chi connectivity index (χ0n) is 17.4. The van der Waals surface area contributed by atoms with E-state index in [1.54, 1.807) is 6.07 Å². The van der Waals surface area contributed by atoms with E-state index in [9.17, 15) is 9.59 Å². The topological polar surface area (TPSA) is 99.2 Å². The molecule has 1 aromatic heterocycles. The average molecular weight is 406 g/mol. The van der Waals surface area contributed by atoms with Gasteiger partial charge in [0, 0.05) is 29.4 Å². The second kappa shape index (κ2) is 9.80. The van der Waals surface area contributed by atoms with Gasteiger partial charge in [0.15, 0.2) is 0 Å². The number of carbonyl (C=O) groups is 2. The molecule has 0 aliphatic carbocycles. The van der Waals surface area contributed by atoms with Crippen LogP contribution in [-0.4, -0.2) is 46.3 Å². The highest BCUT2D eigenvalue weighted by molar-refractivity contribution is 5.97. The number of aromatic nitrogens is 2. The molecule has 0 atom stereocenters. The molecule has 0 saturated heterocycles. The SMILES string of the molecule is CCN(CC)CC(=O)Nc1cccc(Nc2ncnc3ccc(NC(C)=O)cc23)c1. The van der Waals surface area contributed by atoms with Gasteiger partial charge in [0.25, 0.3) is 0 Å². The molecule has 0 unspecified atom stereocenters. The Balaban J connectivity index is 1.79. The number of rotatable bonds is 8. The van der Waals surface area contributed by atoms with Crippen molar-refractivity contribution in [2.75, 3.05) is 35.6 Å². The third-order valence-corrected chi connectivity index (χ3v) is 4.63. The lowest BCUT2D eigenvalue weighted by Gasteiger charge is -2.17. The highest BCUT2D eigenvalue weighted by atomic mass is 16.2. The first-order valence-corrected chi connectivity index (χ1v) is 9.90. The number of nitrogens with zero attached hydrogens (tertiary/aromatic N) is 3. The fraction of sp³-hybridized carbons (Fsp3) is 0.273. The number of fused-ring (bicyclic) bond motifs is 1. The Morgan fingerprint density at radius 1 is 0.933 bits per heavy atom. The van der Waals surface area contributed by atoms with E-state index in [0.29, 0.717) is 23.7 Å². The number of amides is 2. The summed E-state index contributed by atoms with van der Waals surface area (Å²) in [5.74, 6) is 0.413. The summed E-state index contributed by atoms with van der Waals surface area (Å²) in [7, 11) is 0. The zero-order valence-corrected chi connectivity index (χ0v) is 17.4. The molecular weight excluding hydrogens is 380 g/mol. The Morgan fingerprint density at radius 2 is 1.67 bits per heavy atom. The van der Waals surface area contributed by atoms with Crippen LogP contribution in [0.25, 0.3) is 10.9 Å². The van der Waals surface area contributed by atoms with E-state index in [2.05, 4.69) is 30.8 Å².